The van der Waals surface area contributed by atoms with Crippen LogP contribution in [0, 0.1) is 6.92 Å². The second-order valence-electron chi connectivity index (χ2n) is 5.90. The largest absolute Gasteiger partial charge is 0.508 e. The molecular weight excluding hydrogens is 318 g/mol. The van der Waals surface area contributed by atoms with Gasteiger partial charge in [0.25, 0.3) is 0 Å². The lowest BCUT2D eigenvalue weighted by Gasteiger charge is -2.06. The lowest BCUT2D eigenvalue weighted by molar-refractivity contribution is 0.0475. The zero-order chi connectivity index (χ0) is 18.0. The molecule has 3 aromatic rings. The number of fused-ring (bicyclic) bond motifs is 1. The van der Waals surface area contributed by atoms with Crippen LogP contribution in [0.5, 0.6) is 5.75 Å². The highest BCUT2D eigenvalue weighted by molar-refractivity contribution is 6.09. The van der Waals surface area contributed by atoms with E-state index in [2.05, 4.69) is 11.9 Å². The molecule has 0 unspecified atom stereocenters. The van der Waals surface area contributed by atoms with Crippen LogP contribution in [0.15, 0.2) is 42.6 Å². The molecule has 0 fully saturated rings. The van der Waals surface area contributed by atoms with Gasteiger partial charge in [-0.15, -0.1) is 0 Å². The molecule has 5 heteroatoms. The molecule has 0 saturated carbocycles. The van der Waals surface area contributed by atoms with Crippen molar-refractivity contribution < 1.29 is 19.4 Å². The normalized spacial score (nSPS) is 10.8. The van der Waals surface area contributed by atoms with Gasteiger partial charge in [0.1, 0.15) is 5.75 Å². The van der Waals surface area contributed by atoms with Crippen LogP contribution in [0.3, 0.4) is 0 Å². The molecular formula is C20H19NO4. The van der Waals surface area contributed by atoms with Crippen molar-refractivity contribution in [2.75, 3.05) is 6.61 Å². The van der Waals surface area contributed by atoms with Crippen LogP contribution in [0.25, 0.3) is 10.9 Å². The van der Waals surface area contributed by atoms with E-state index >= 15 is 0 Å². The number of Topliss-reactive ketones (excluding diaryl/α,β-unsaturated/α-hetero) is 1. The van der Waals surface area contributed by atoms with Crippen LogP contribution in [-0.2, 0) is 11.2 Å². The number of hydrogen-bond donors (Lipinski definition) is 2. The number of hydrogen-bond acceptors (Lipinski definition) is 4. The number of aromatic nitrogens is 1. The SMILES string of the molecule is CCc1cccc2c(C(=O)COC(=O)c3ccc(C)c(O)c3)c[nH]c12. The van der Waals surface area contributed by atoms with Crippen LogP contribution in [-0.4, -0.2) is 28.4 Å². The van der Waals surface area contributed by atoms with Crippen molar-refractivity contribution in [1.29, 1.82) is 0 Å². The maximum atomic E-state index is 12.4. The van der Waals surface area contributed by atoms with Gasteiger partial charge >= 0.3 is 5.97 Å². The molecule has 0 bridgehead atoms. The van der Waals surface area contributed by atoms with Gasteiger partial charge in [-0.05, 0) is 36.6 Å². The summed E-state index contributed by atoms with van der Waals surface area (Å²) in [5, 5.41) is 10.5. The number of aromatic hydroxyl groups is 1. The number of ether oxygens (including phenoxy) is 1. The summed E-state index contributed by atoms with van der Waals surface area (Å²) >= 11 is 0. The first kappa shape index (κ1) is 16.8. The van der Waals surface area contributed by atoms with Gasteiger partial charge in [0.2, 0.25) is 5.78 Å². The zero-order valence-electron chi connectivity index (χ0n) is 14.1. The number of carbonyl (C=O) groups is 2. The topological polar surface area (TPSA) is 79.4 Å². The molecule has 0 spiro atoms. The number of ketones is 1. The molecule has 1 heterocycles. The summed E-state index contributed by atoms with van der Waals surface area (Å²) in [4.78, 5) is 27.6. The summed E-state index contributed by atoms with van der Waals surface area (Å²) in [7, 11) is 0. The van der Waals surface area contributed by atoms with E-state index in [-0.39, 0.29) is 23.7 Å². The van der Waals surface area contributed by atoms with Crippen LogP contribution >= 0.6 is 0 Å². The molecule has 128 valence electrons. The van der Waals surface area contributed by atoms with E-state index in [4.69, 9.17) is 4.74 Å². The van der Waals surface area contributed by atoms with Crippen LogP contribution in [0.2, 0.25) is 0 Å². The van der Waals surface area contributed by atoms with Crippen molar-refractivity contribution in [2.24, 2.45) is 0 Å². The Labute approximate surface area is 145 Å². The third-order valence-corrected chi connectivity index (χ3v) is 4.26. The van der Waals surface area contributed by atoms with Gasteiger partial charge in [0.15, 0.2) is 6.61 Å². The van der Waals surface area contributed by atoms with E-state index in [0.29, 0.717) is 11.1 Å². The van der Waals surface area contributed by atoms with Gasteiger partial charge in [0.05, 0.1) is 5.56 Å². The smallest absolute Gasteiger partial charge is 0.338 e. The lowest BCUT2D eigenvalue weighted by atomic mass is 10.1. The standard InChI is InChI=1S/C20H19NO4/c1-3-13-5-4-6-15-16(10-21-19(13)15)18(23)11-25-20(24)14-8-7-12(2)17(22)9-14/h4-10,21-22H,3,11H2,1-2H3. The maximum absolute atomic E-state index is 12.4. The Bertz CT molecular complexity index is 955. The highest BCUT2D eigenvalue weighted by Gasteiger charge is 2.16. The minimum atomic E-state index is -0.641. The highest BCUT2D eigenvalue weighted by atomic mass is 16.5. The van der Waals surface area contributed by atoms with E-state index < -0.39 is 5.97 Å². The van der Waals surface area contributed by atoms with E-state index in [9.17, 15) is 14.7 Å². The summed E-state index contributed by atoms with van der Waals surface area (Å²) in [5.74, 6) is -0.897. The quantitative estimate of drug-likeness (QED) is 0.548. The van der Waals surface area contributed by atoms with E-state index in [0.717, 1.165) is 22.9 Å². The van der Waals surface area contributed by atoms with Crippen molar-refractivity contribution in [3.05, 3.63) is 64.8 Å². The van der Waals surface area contributed by atoms with E-state index in [1.54, 1.807) is 25.3 Å². The Hall–Kier alpha value is -3.08. The first-order chi connectivity index (χ1) is 12.0. The molecule has 0 atom stereocenters. The molecule has 25 heavy (non-hydrogen) atoms. The van der Waals surface area contributed by atoms with Gasteiger partial charge in [-0.25, -0.2) is 4.79 Å². The molecule has 0 saturated heterocycles. The monoisotopic (exact) mass is 337 g/mol. The Morgan fingerprint density at radius 3 is 2.72 bits per heavy atom. The Morgan fingerprint density at radius 1 is 1.20 bits per heavy atom. The number of rotatable bonds is 5. The summed E-state index contributed by atoms with van der Waals surface area (Å²) < 4.78 is 5.10. The number of phenols is 1. The van der Waals surface area contributed by atoms with Gasteiger partial charge in [-0.2, -0.15) is 0 Å². The number of nitrogens with one attached hydrogen (secondary N) is 1. The molecule has 0 aliphatic rings. The third kappa shape index (κ3) is 3.26. The first-order valence-electron chi connectivity index (χ1n) is 8.10. The summed E-state index contributed by atoms with van der Waals surface area (Å²) in [6.07, 6.45) is 2.51. The number of phenolic OH excluding ortho intramolecular Hbond substituents is 1. The number of H-pyrrole nitrogens is 1. The molecule has 0 amide bonds. The maximum Gasteiger partial charge on any atom is 0.338 e. The predicted octanol–water partition coefficient (Wildman–Crippen LogP) is 3.78. The molecule has 0 radical (unpaired) electrons. The number of esters is 1. The number of aromatic amines is 1. The fourth-order valence-electron chi connectivity index (χ4n) is 2.77. The molecule has 5 nitrogen and oxygen atoms in total. The van der Waals surface area contributed by atoms with Crippen LogP contribution < -0.4 is 0 Å². The van der Waals surface area contributed by atoms with Crippen molar-refractivity contribution in [1.82, 2.24) is 4.98 Å². The molecule has 3 rings (SSSR count). The minimum absolute atomic E-state index is 0.0181. The fourth-order valence-corrected chi connectivity index (χ4v) is 2.77. The molecule has 0 aliphatic carbocycles. The predicted molar refractivity (Wildman–Crippen MR) is 95.1 cm³/mol. The second kappa shape index (κ2) is 6.81. The van der Waals surface area contributed by atoms with Gasteiger partial charge in [0, 0.05) is 22.7 Å². The second-order valence-corrected chi connectivity index (χ2v) is 5.90. The average Bonchev–Trinajstić information content (AvgIpc) is 3.05. The Kier molecular flexibility index (Phi) is 4.57. The third-order valence-electron chi connectivity index (χ3n) is 4.26. The Balaban J connectivity index is 1.74. The number of carbonyl (C=O) groups excluding carboxylic acids is 2. The van der Waals surface area contributed by atoms with E-state index in [1.807, 2.05) is 18.2 Å². The van der Waals surface area contributed by atoms with Crippen LogP contribution in [0.4, 0.5) is 0 Å². The number of para-hydroxylation sites is 1. The van der Waals surface area contributed by atoms with Gasteiger partial charge in [-0.3, -0.25) is 4.79 Å². The number of aryl methyl sites for hydroxylation is 2. The molecule has 0 aliphatic heterocycles. The van der Waals surface area contributed by atoms with Gasteiger partial charge in [-0.1, -0.05) is 31.2 Å². The van der Waals surface area contributed by atoms with Gasteiger partial charge < -0.3 is 14.8 Å². The van der Waals surface area contributed by atoms with Crippen molar-refractivity contribution in [3.63, 3.8) is 0 Å². The van der Waals surface area contributed by atoms with Crippen molar-refractivity contribution in [3.8, 4) is 5.75 Å². The van der Waals surface area contributed by atoms with Crippen molar-refractivity contribution >= 4 is 22.7 Å². The molecule has 2 N–H and O–H groups in total. The lowest BCUT2D eigenvalue weighted by Crippen LogP contribution is -2.14. The fraction of sp³-hybridized carbons (Fsp3) is 0.200. The summed E-state index contributed by atoms with van der Waals surface area (Å²) in [5.41, 5.74) is 3.44. The number of benzene rings is 2. The van der Waals surface area contributed by atoms with Crippen molar-refractivity contribution in [2.45, 2.75) is 20.3 Å². The average molecular weight is 337 g/mol. The molecule has 1 aromatic heterocycles. The van der Waals surface area contributed by atoms with E-state index in [1.165, 1.54) is 6.07 Å². The minimum Gasteiger partial charge on any atom is -0.508 e. The molecule has 2 aromatic carbocycles. The summed E-state index contributed by atoms with van der Waals surface area (Å²) in [6.45, 7) is 3.43. The Morgan fingerprint density at radius 2 is 2.00 bits per heavy atom. The zero-order valence-corrected chi connectivity index (χ0v) is 14.1. The first-order valence-corrected chi connectivity index (χ1v) is 8.10. The van der Waals surface area contributed by atoms with Crippen LogP contribution in [0.1, 0.15) is 38.8 Å². The highest BCUT2D eigenvalue weighted by Crippen LogP contribution is 2.23. The summed E-state index contributed by atoms with van der Waals surface area (Å²) in [6, 6.07) is 10.3.